The van der Waals surface area contributed by atoms with Crippen molar-refractivity contribution in [1.29, 1.82) is 0 Å². The molecular weight excluding hydrogens is 152 g/mol. The summed E-state index contributed by atoms with van der Waals surface area (Å²) in [5.74, 6) is 0.0559. The van der Waals surface area contributed by atoms with Crippen molar-refractivity contribution >= 4 is 0 Å². The molecule has 0 unspecified atom stereocenters. The van der Waals surface area contributed by atoms with Crippen LogP contribution in [-0.2, 0) is 0 Å². The summed E-state index contributed by atoms with van der Waals surface area (Å²) < 4.78 is 0. The summed E-state index contributed by atoms with van der Waals surface area (Å²) in [5.41, 5.74) is 0. The lowest BCUT2D eigenvalue weighted by molar-refractivity contribution is -0.149. The SMILES string of the molecule is CC(O)(O)CC[C]1CCCCC1. The maximum Gasteiger partial charge on any atom is 0.159 e. The Balaban J connectivity index is 2.13. The Morgan fingerprint density at radius 3 is 2.25 bits per heavy atom. The van der Waals surface area contributed by atoms with Crippen molar-refractivity contribution in [1.82, 2.24) is 0 Å². The number of rotatable bonds is 3. The molecule has 12 heavy (non-hydrogen) atoms. The molecule has 0 atom stereocenters. The molecule has 0 spiro atoms. The lowest BCUT2D eigenvalue weighted by atomic mass is 9.85. The van der Waals surface area contributed by atoms with E-state index in [0.29, 0.717) is 6.42 Å². The molecule has 1 rings (SSSR count). The highest BCUT2D eigenvalue weighted by Crippen LogP contribution is 2.30. The molecule has 2 nitrogen and oxygen atoms in total. The Bertz CT molecular complexity index is 120. The third-order valence-corrected chi connectivity index (χ3v) is 2.51. The summed E-state index contributed by atoms with van der Waals surface area (Å²) in [7, 11) is 0. The van der Waals surface area contributed by atoms with E-state index < -0.39 is 5.79 Å². The predicted molar refractivity (Wildman–Crippen MR) is 48.4 cm³/mol. The number of aliphatic hydroxyl groups is 2. The van der Waals surface area contributed by atoms with E-state index in [1.54, 1.807) is 0 Å². The molecule has 0 aromatic carbocycles. The second-order valence-electron chi connectivity index (χ2n) is 4.03. The maximum absolute atomic E-state index is 9.09. The average molecular weight is 171 g/mol. The van der Waals surface area contributed by atoms with Crippen LogP contribution in [-0.4, -0.2) is 16.0 Å². The van der Waals surface area contributed by atoms with E-state index in [0.717, 1.165) is 6.42 Å². The summed E-state index contributed by atoms with van der Waals surface area (Å²) in [6.45, 7) is 1.45. The zero-order valence-electron chi connectivity index (χ0n) is 7.84. The van der Waals surface area contributed by atoms with E-state index in [1.165, 1.54) is 44.9 Å². The summed E-state index contributed by atoms with van der Waals surface area (Å²) in [6.07, 6.45) is 7.73. The molecule has 1 fully saturated rings. The summed E-state index contributed by atoms with van der Waals surface area (Å²) in [4.78, 5) is 0. The van der Waals surface area contributed by atoms with Crippen LogP contribution in [0.1, 0.15) is 51.9 Å². The van der Waals surface area contributed by atoms with Gasteiger partial charge in [0.2, 0.25) is 0 Å². The van der Waals surface area contributed by atoms with E-state index in [-0.39, 0.29) is 0 Å². The summed E-state index contributed by atoms with van der Waals surface area (Å²) in [5, 5.41) is 18.2. The molecular formula is C10H19O2. The second-order valence-corrected chi connectivity index (χ2v) is 4.03. The van der Waals surface area contributed by atoms with Crippen molar-refractivity contribution < 1.29 is 10.2 Å². The van der Waals surface area contributed by atoms with Gasteiger partial charge < -0.3 is 10.2 Å². The van der Waals surface area contributed by atoms with E-state index >= 15 is 0 Å². The zero-order chi connectivity index (χ0) is 9.03. The molecule has 2 N–H and O–H groups in total. The van der Waals surface area contributed by atoms with Crippen molar-refractivity contribution in [2.24, 2.45) is 0 Å². The van der Waals surface area contributed by atoms with Crippen molar-refractivity contribution in [2.75, 3.05) is 0 Å². The van der Waals surface area contributed by atoms with Crippen molar-refractivity contribution in [3.63, 3.8) is 0 Å². The monoisotopic (exact) mass is 171 g/mol. The van der Waals surface area contributed by atoms with Crippen molar-refractivity contribution in [2.45, 2.75) is 57.7 Å². The molecule has 0 amide bonds. The van der Waals surface area contributed by atoms with Crippen LogP contribution in [0.2, 0.25) is 0 Å². The van der Waals surface area contributed by atoms with Crippen LogP contribution in [0.4, 0.5) is 0 Å². The molecule has 0 bridgehead atoms. The van der Waals surface area contributed by atoms with E-state index in [9.17, 15) is 0 Å². The van der Waals surface area contributed by atoms with Gasteiger partial charge in [-0.2, -0.15) is 0 Å². The fourth-order valence-corrected chi connectivity index (χ4v) is 1.72. The molecule has 1 aliphatic rings. The molecule has 1 saturated carbocycles. The lowest BCUT2D eigenvalue weighted by Crippen LogP contribution is -2.23. The quantitative estimate of drug-likeness (QED) is 0.638. The minimum absolute atomic E-state index is 0.488. The van der Waals surface area contributed by atoms with Crippen molar-refractivity contribution in [3.8, 4) is 0 Å². The van der Waals surface area contributed by atoms with Gasteiger partial charge >= 0.3 is 0 Å². The first-order chi connectivity index (χ1) is 5.58. The molecule has 0 aromatic heterocycles. The van der Waals surface area contributed by atoms with Crippen LogP contribution >= 0.6 is 0 Å². The molecule has 0 heterocycles. The Labute approximate surface area is 74.6 Å². The summed E-state index contributed by atoms with van der Waals surface area (Å²) >= 11 is 0. The van der Waals surface area contributed by atoms with Gasteiger partial charge in [0.15, 0.2) is 5.79 Å². The van der Waals surface area contributed by atoms with Crippen molar-refractivity contribution in [3.05, 3.63) is 5.92 Å². The van der Waals surface area contributed by atoms with Crippen LogP contribution in [0.3, 0.4) is 0 Å². The largest absolute Gasteiger partial charge is 0.366 e. The van der Waals surface area contributed by atoms with E-state index in [2.05, 4.69) is 0 Å². The normalized spacial score (nSPS) is 21.2. The highest BCUT2D eigenvalue weighted by atomic mass is 16.5. The fourth-order valence-electron chi connectivity index (χ4n) is 1.72. The Morgan fingerprint density at radius 2 is 1.75 bits per heavy atom. The van der Waals surface area contributed by atoms with Gasteiger partial charge in [0.05, 0.1) is 0 Å². The fraction of sp³-hybridized carbons (Fsp3) is 0.900. The average Bonchev–Trinajstić information content (AvgIpc) is 2.02. The first kappa shape index (κ1) is 10.0. The van der Waals surface area contributed by atoms with Gasteiger partial charge in [0.25, 0.3) is 0 Å². The van der Waals surface area contributed by atoms with E-state index in [1.807, 2.05) is 0 Å². The first-order valence-corrected chi connectivity index (χ1v) is 4.86. The molecule has 0 saturated heterocycles. The van der Waals surface area contributed by atoms with Gasteiger partial charge in [0, 0.05) is 6.42 Å². The van der Waals surface area contributed by atoms with Crippen LogP contribution in [0.5, 0.6) is 0 Å². The second kappa shape index (κ2) is 4.24. The molecule has 1 aliphatic carbocycles. The maximum atomic E-state index is 9.09. The lowest BCUT2D eigenvalue weighted by Gasteiger charge is -2.23. The van der Waals surface area contributed by atoms with Crippen LogP contribution in [0.15, 0.2) is 0 Å². The van der Waals surface area contributed by atoms with E-state index in [4.69, 9.17) is 10.2 Å². The van der Waals surface area contributed by atoms with Gasteiger partial charge in [-0.3, -0.25) is 0 Å². The van der Waals surface area contributed by atoms with Crippen LogP contribution < -0.4 is 0 Å². The standard InChI is InChI=1S/C10H19O2/c1-10(11,12)8-7-9-5-3-2-4-6-9/h11-12H,2-8H2,1H3. The smallest absolute Gasteiger partial charge is 0.159 e. The molecule has 0 aromatic rings. The zero-order valence-corrected chi connectivity index (χ0v) is 7.84. The highest BCUT2D eigenvalue weighted by Gasteiger charge is 2.20. The van der Waals surface area contributed by atoms with Gasteiger partial charge in [-0.05, 0) is 32.1 Å². The number of hydrogen-bond acceptors (Lipinski definition) is 2. The minimum atomic E-state index is -1.47. The van der Waals surface area contributed by atoms with Crippen LogP contribution in [0.25, 0.3) is 0 Å². The number of hydrogen-bond donors (Lipinski definition) is 2. The van der Waals surface area contributed by atoms with Gasteiger partial charge in [-0.15, -0.1) is 0 Å². The molecule has 2 heteroatoms. The molecule has 0 aliphatic heterocycles. The highest BCUT2D eigenvalue weighted by molar-refractivity contribution is 4.92. The van der Waals surface area contributed by atoms with Crippen LogP contribution in [0, 0.1) is 5.92 Å². The first-order valence-electron chi connectivity index (χ1n) is 4.86. The van der Waals surface area contributed by atoms with Gasteiger partial charge in [-0.1, -0.05) is 19.3 Å². The molecule has 71 valence electrons. The predicted octanol–water partition coefficient (Wildman–Crippen LogP) is 2.01. The topological polar surface area (TPSA) is 40.5 Å². The Morgan fingerprint density at radius 1 is 1.17 bits per heavy atom. The van der Waals surface area contributed by atoms with Gasteiger partial charge in [0.1, 0.15) is 0 Å². The third-order valence-electron chi connectivity index (χ3n) is 2.51. The Hall–Kier alpha value is -0.0800. The minimum Gasteiger partial charge on any atom is -0.366 e. The summed E-state index contributed by atoms with van der Waals surface area (Å²) in [6, 6.07) is 0. The molecule has 1 radical (unpaired) electrons. The third kappa shape index (κ3) is 4.07. The van der Waals surface area contributed by atoms with Gasteiger partial charge in [-0.25, -0.2) is 0 Å². The Kier molecular flexibility index (Phi) is 3.53.